The van der Waals surface area contributed by atoms with Gasteiger partial charge >= 0.3 is 6.01 Å². The fourth-order valence-corrected chi connectivity index (χ4v) is 3.55. The summed E-state index contributed by atoms with van der Waals surface area (Å²) in [5.74, 6) is 0.238. The highest BCUT2D eigenvalue weighted by molar-refractivity contribution is 7.92. The van der Waals surface area contributed by atoms with Crippen LogP contribution in [0.5, 0.6) is 6.01 Å². The van der Waals surface area contributed by atoms with E-state index in [0.29, 0.717) is 5.82 Å². The topological polar surface area (TPSA) is 112 Å². The number of rotatable bonds is 5. The summed E-state index contributed by atoms with van der Waals surface area (Å²) in [6, 6.07) is 0.0235. The Hall–Kier alpha value is -1.94. The molecule has 0 aliphatic carbocycles. The fraction of sp³-hybridized carbons (Fsp3) is 0.500. The first-order chi connectivity index (χ1) is 10.7. The van der Waals surface area contributed by atoms with Gasteiger partial charge < -0.3 is 4.74 Å². The lowest BCUT2D eigenvalue weighted by Crippen LogP contribution is -2.17. The van der Waals surface area contributed by atoms with Crippen molar-refractivity contribution in [3.63, 3.8) is 0 Å². The molecule has 9 nitrogen and oxygen atoms in total. The number of sulfonamides is 1. The van der Waals surface area contributed by atoms with E-state index in [1.165, 1.54) is 11.8 Å². The molecule has 2 heterocycles. The van der Waals surface area contributed by atoms with Crippen molar-refractivity contribution in [1.82, 2.24) is 24.7 Å². The molecule has 0 bridgehead atoms. The molecule has 0 aromatic carbocycles. The second-order valence-corrected chi connectivity index (χ2v) is 7.07. The molecule has 11 heteroatoms. The van der Waals surface area contributed by atoms with Gasteiger partial charge in [-0.25, -0.2) is 13.1 Å². The van der Waals surface area contributed by atoms with Gasteiger partial charge in [0.25, 0.3) is 10.0 Å². The molecule has 0 radical (unpaired) electrons. The molecule has 23 heavy (non-hydrogen) atoms. The van der Waals surface area contributed by atoms with Gasteiger partial charge in [-0.05, 0) is 6.92 Å². The van der Waals surface area contributed by atoms with Crippen molar-refractivity contribution < 1.29 is 13.2 Å². The van der Waals surface area contributed by atoms with E-state index in [1.54, 1.807) is 14.0 Å². The second-order valence-electron chi connectivity index (χ2n) is 5.09. The lowest BCUT2D eigenvalue weighted by Gasteiger charge is -2.10. The molecule has 0 aliphatic heterocycles. The fourth-order valence-electron chi connectivity index (χ4n) is 1.85. The maximum Gasteiger partial charge on any atom is 0.321 e. The van der Waals surface area contributed by atoms with Crippen LogP contribution in [0.1, 0.15) is 31.3 Å². The number of aryl methyl sites for hydroxylation is 2. The summed E-state index contributed by atoms with van der Waals surface area (Å²) in [6.45, 7) is 5.29. The summed E-state index contributed by atoms with van der Waals surface area (Å²) in [5.41, 5.74) is 0.273. The largest absolute Gasteiger partial charge is 0.467 e. The van der Waals surface area contributed by atoms with Gasteiger partial charge in [0.1, 0.15) is 15.9 Å². The highest BCUT2D eigenvalue weighted by Crippen LogP contribution is 2.26. The van der Waals surface area contributed by atoms with Crippen LogP contribution in [0.3, 0.4) is 0 Å². The minimum absolute atomic E-state index is 0.0000965. The molecule has 0 unspecified atom stereocenters. The van der Waals surface area contributed by atoms with Gasteiger partial charge in [0.2, 0.25) is 5.95 Å². The number of anilines is 1. The van der Waals surface area contributed by atoms with Crippen LogP contribution in [-0.4, -0.2) is 40.3 Å². The van der Waals surface area contributed by atoms with Crippen LogP contribution in [0.4, 0.5) is 5.95 Å². The van der Waals surface area contributed by atoms with Gasteiger partial charge in [-0.2, -0.15) is 20.1 Å². The number of methoxy groups -OCH3 is 1. The van der Waals surface area contributed by atoms with Gasteiger partial charge in [-0.3, -0.25) is 4.68 Å². The van der Waals surface area contributed by atoms with Crippen molar-refractivity contribution in [2.75, 3.05) is 11.8 Å². The Morgan fingerprint density at radius 1 is 1.26 bits per heavy atom. The minimum Gasteiger partial charge on any atom is -0.467 e. The number of hydrogen-bond acceptors (Lipinski definition) is 7. The Labute approximate surface area is 139 Å². The number of hydrogen-bond donors (Lipinski definition) is 1. The summed E-state index contributed by atoms with van der Waals surface area (Å²) in [4.78, 5) is 12.0. The van der Waals surface area contributed by atoms with E-state index in [1.807, 2.05) is 13.8 Å². The zero-order chi connectivity index (χ0) is 17.4. The SMILES string of the molecule is COc1nc(NS(=O)(=O)c2c(C)nn(C)c2Cl)nc(C(C)C)n1. The standard InChI is InChI=1S/C12H17ClN6O3S/c1-6(2)10-14-11(16-12(15-10)22-5)18-23(20,21)8-7(3)17-19(4)9(8)13/h6H,1-5H3,(H,14,15,16,18). The second kappa shape index (κ2) is 6.28. The number of nitrogens with zero attached hydrogens (tertiary/aromatic N) is 5. The summed E-state index contributed by atoms with van der Waals surface area (Å²) in [5, 5.41) is 3.99. The van der Waals surface area contributed by atoms with Crippen LogP contribution in [-0.2, 0) is 17.1 Å². The van der Waals surface area contributed by atoms with Crippen LogP contribution < -0.4 is 9.46 Å². The van der Waals surface area contributed by atoms with Crippen LogP contribution in [0.2, 0.25) is 5.15 Å². The number of aromatic nitrogens is 5. The third kappa shape index (κ3) is 3.53. The normalized spacial score (nSPS) is 11.8. The third-order valence-corrected chi connectivity index (χ3v) is 4.95. The highest BCUT2D eigenvalue weighted by atomic mass is 35.5. The van der Waals surface area contributed by atoms with E-state index >= 15 is 0 Å². The third-order valence-electron chi connectivity index (χ3n) is 2.93. The van der Waals surface area contributed by atoms with Gasteiger partial charge in [-0.1, -0.05) is 25.4 Å². The molecule has 0 amide bonds. The van der Waals surface area contributed by atoms with Crippen molar-refractivity contribution in [3.05, 3.63) is 16.7 Å². The lowest BCUT2D eigenvalue weighted by atomic mass is 10.2. The molecule has 0 saturated heterocycles. The Balaban J connectivity index is 2.47. The summed E-state index contributed by atoms with van der Waals surface area (Å²) in [6.07, 6.45) is 0. The smallest absolute Gasteiger partial charge is 0.321 e. The predicted octanol–water partition coefficient (Wildman–Crippen LogP) is 1.50. The molecule has 0 fully saturated rings. The van der Waals surface area contributed by atoms with Crippen molar-refractivity contribution >= 4 is 27.6 Å². The Morgan fingerprint density at radius 3 is 2.39 bits per heavy atom. The Morgan fingerprint density at radius 2 is 1.91 bits per heavy atom. The summed E-state index contributed by atoms with van der Waals surface area (Å²) < 4.78 is 33.6. The number of nitrogens with one attached hydrogen (secondary N) is 1. The lowest BCUT2D eigenvalue weighted by molar-refractivity contribution is 0.375. The first-order valence-electron chi connectivity index (χ1n) is 6.67. The van der Waals surface area contributed by atoms with Gasteiger partial charge in [-0.15, -0.1) is 0 Å². The molecule has 0 atom stereocenters. The average Bonchev–Trinajstić information content (AvgIpc) is 2.71. The summed E-state index contributed by atoms with van der Waals surface area (Å²) in [7, 11) is -1.05. The van der Waals surface area contributed by atoms with Crippen molar-refractivity contribution in [2.24, 2.45) is 7.05 Å². The zero-order valence-corrected chi connectivity index (χ0v) is 14.9. The molecule has 126 valence electrons. The monoisotopic (exact) mass is 360 g/mol. The van der Waals surface area contributed by atoms with Gasteiger partial charge in [0.15, 0.2) is 0 Å². The first-order valence-corrected chi connectivity index (χ1v) is 8.53. The Kier molecular flexibility index (Phi) is 4.76. The molecule has 2 rings (SSSR count). The molecular formula is C12H17ClN6O3S. The van der Waals surface area contributed by atoms with Gasteiger partial charge in [0.05, 0.1) is 12.8 Å². The molecule has 2 aromatic heterocycles. The van der Waals surface area contributed by atoms with Crippen molar-refractivity contribution in [3.8, 4) is 6.01 Å². The van der Waals surface area contributed by atoms with Gasteiger partial charge in [0, 0.05) is 13.0 Å². The molecule has 2 aromatic rings. The highest BCUT2D eigenvalue weighted by Gasteiger charge is 2.26. The predicted molar refractivity (Wildman–Crippen MR) is 84.2 cm³/mol. The van der Waals surface area contributed by atoms with Crippen LogP contribution >= 0.6 is 11.6 Å². The van der Waals surface area contributed by atoms with E-state index in [-0.39, 0.29) is 33.6 Å². The quantitative estimate of drug-likeness (QED) is 0.859. The van der Waals surface area contributed by atoms with E-state index in [9.17, 15) is 8.42 Å². The maximum absolute atomic E-state index is 12.5. The molecule has 1 N–H and O–H groups in total. The molecule has 0 spiro atoms. The zero-order valence-electron chi connectivity index (χ0n) is 13.3. The average molecular weight is 361 g/mol. The van der Waals surface area contributed by atoms with Crippen LogP contribution in [0.15, 0.2) is 4.90 Å². The number of ether oxygens (including phenoxy) is 1. The van der Waals surface area contributed by atoms with E-state index in [0.717, 1.165) is 0 Å². The molecule has 0 saturated carbocycles. The first kappa shape index (κ1) is 17.4. The van der Waals surface area contributed by atoms with E-state index < -0.39 is 10.0 Å². The van der Waals surface area contributed by atoms with E-state index in [2.05, 4.69) is 24.8 Å². The molecule has 0 aliphatic rings. The van der Waals surface area contributed by atoms with Crippen LogP contribution in [0, 0.1) is 6.92 Å². The Bertz CT molecular complexity index is 834. The number of halogens is 1. The van der Waals surface area contributed by atoms with Crippen molar-refractivity contribution in [2.45, 2.75) is 31.6 Å². The molecular weight excluding hydrogens is 344 g/mol. The van der Waals surface area contributed by atoms with E-state index in [4.69, 9.17) is 16.3 Å². The minimum atomic E-state index is -3.99. The summed E-state index contributed by atoms with van der Waals surface area (Å²) >= 11 is 6.01. The van der Waals surface area contributed by atoms with Crippen LogP contribution in [0.25, 0.3) is 0 Å². The maximum atomic E-state index is 12.5. The van der Waals surface area contributed by atoms with Crippen molar-refractivity contribution in [1.29, 1.82) is 0 Å².